The SMILES string of the molecule is CC(C)(C)[S+]([O-])/N=C(/CF)c1cc(Br)cc(F)c1F. The van der Waals surface area contributed by atoms with Gasteiger partial charge in [-0.15, -0.1) is 0 Å². The van der Waals surface area contributed by atoms with Crippen molar-refractivity contribution in [1.82, 2.24) is 0 Å². The van der Waals surface area contributed by atoms with Gasteiger partial charge in [-0.2, -0.15) is 0 Å². The Balaban J connectivity index is 3.29. The van der Waals surface area contributed by atoms with Crippen LogP contribution >= 0.6 is 15.9 Å². The monoisotopic (exact) mass is 355 g/mol. The van der Waals surface area contributed by atoms with Crippen molar-refractivity contribution in [2.45, 2.75) is 25.5 Å². The second kappa shape index (κ2) is 6.28. The summed E-state index contributed by atoms with van der Waals surface area (Å²) in [6.45, 7) is 3.83. The molecule has 1 aromatic carbocycles. The Kier molecular flexibility index (Phi) is 5.46. The zero-order chi connectivity index (χ0) is 14.8. The minimum Gasteiger partial charge on any atom is -0.591 e. The molecule has 1 unspecified atom stereocenters. The molecule has 0 radical (unpaired) electrons. The highest BCUT2D eigenvalue weighted by Crippen LogP contribution is 2.23. The highest BCUT2D eigenvalue weighted by molar-refractivity contribution is 9.10. The predicted molar refractivity (Wildman–Crippen MR) is 74.5 cm³/mol. The molecule has 0 N–H and O–H groups in total. The fourth-order valence-electron chi connectivity index (χ4n) is 1.15. The molecule has 106 valence electrons. The van der Waals surface area contributed by atoms with Gasteiger partial charge in [0.25, 0.3) is 0 Å². The molecule has 0 aliphatic heterocycles. The van der Waals surface area contributed by atoms with Gasteiger partial charge in [0.2, 0.25) is 0 Å². The van der Waals surface area contributed by atoms with Crippen LogP contribution in [0.2, 0.25) is 0 Å². The summed E-state index contributed by atoms with van der Waals surface area (Å²) in [5, 5.41) is 0. The molecule has 0 heterocycles. The van der Waals surface area contributed by atoms with Crippen molar-refractivity contribution < 1.29 is 17.7 Å². The van der Waals surface area contributed by atoms with E-state index < -0.39 is 34.4 Å². The van der Waals surface area contributed by atoms with E-state index in [-0.39, 0.29) is 15.7 Å². The summed E-state index contributed by atoms with van der Waals surface area (Å²) in [6, 6.07) is 2.13. The molecule has 1 rings (SSSR count). The van der Waals surface area contributed by atoms with Crippen LogP contribution in [0, 0.1) is 11.6 Å². The van der Waals surface area contributed by atoms with Gasteiger partial charge >= 0.3 is 0 Å². The first-order chi connectivity index (χ1) is 8.66. The van der Waals surface area contributed by atoms with Crippen LogP contribution in [0.25, 0.3) is 0 Å². The molecule has 0 bridgehead atoms. The molecule has 0 saturated heterocycles. The molecule has 1 atom stereocenters. The zero-order valence-corrected chi connectivity index (χ0v) is 13.0. The summed E-state index contributed by atoms with van der Waals surface area (Å²) < 4.78 is 54.9. The van der Waals surface area contributed by atoms with E-state index in [2.05, 4.69) is 20.3 Å². The Morgan fingerprint density at radius 3 is 2.42 bits per heavy atom. The molecule has 0 saturated carbocycles. The third kappa shape index (κ3) is 4.22. The minimum absolute atomic E-state index is 0.254. The predicted octanol–water partition coefficient (Wildman–Crippen LogP) is 3.95. The van der Waals surface area contributed by atoms with E-state index in [0.717, 1.165) is 6.07 Å². The Bertz CT molecular complexity index is 502. The summed E-state index contributed by atoms with van der Waals surface area (Å²) in [5.41, 5.74) is -0.696. The zero-order valence-electron chi connectivity index (χ0n) is 10.6. The van der Waals surface area contributed by atoms with Crippen molar-refractivity contribution in [3.05, 3.63) is 33.8 Å². The number of hydrogen-bond donors (Lipinski definition) is 0. The molecule has 0 aliphatic rings. The maximum atomic E-state index is 13.6. The van der Waals surface area contributed by atoms with Crippen molar-refractivity contribution in [3.8, 4) is 0 Å². The van der Waals surface area contributed by atoms with E-state index >= 15 is 0 Å². The number of rotatable bonds is 3. The lowest BCUT2D eigenvalue weighted by molar-refractivity contribution is 0.504. The lowest BCUT2D eigenvalue weighted by Gasteiger charge is -2.19. The number of halogens is 4. The van der Waals surface area contributed by atoms with Gasteiger partial charge in [0.1, 0.15) is 28.5 Å². The van der Waals surface area contributed by atoms with E-state index in [9.17, 15) is 17.7 Å². The Labute approximate surface area is 121 Å². The minimum atomic E-state index is -1.75. The summed E-state index contributed by atoms with van der Waals surface area (Å²) in [6.07, 6.45) is 0. The first kappa shape index (κ1) is 16.5. The molecule has 7 heteroatoms. The summed E-state index contributed by atoms with van der Waals surface area (Å²) in [5.74, 6) is -2.32. The fraction of sp³-hybridized carbons (Fsp3) is 0.417. The molecular weight excluding hydrogens is 343 g/mol. The quantitative estimate of drug-likeness (QED) is 0.459. The summed E-state index contributed by atoms with van der Waals surface area (Å²) >= 11 is 1.24. The van der Waals surface area contributed by atoms with E-state index in [1.165, 1.54) is 6.07 Å². The Hall–Kier alpha value is -0.530. The topological polar surface area (TPSA) is 35.4 Å². The third-order valence-corrected chi connectivity index (χ3v) is 4.04. The average molecular weight is 356 g/mol. The fourth-order valence-corrected chi connectivity index (χ4v) is 2.20. The Morgan fingerprint density at radius 1 is 1.37 bits per heavy atom. The second-order valence-corrected chi connectivity index (χ2v) is 7.60. The summed E-state index contributed by atoms with van der Waals surface area (Å²) in [7, 11) is 0. The van der Waals surface area contributed by atoms with Crippen molar-refractivity contribution in [1.29, 1.82) is 0 Å². The van der Waals surface area contributed by atoms with Crippen LogP contribution in [0.3, 0.4) is 0 Å². The van der Waals surface area contributed by atoms with Crippen LogP contribution in [-0.4, -0.2) is 21.7 Å². The smallest absolute Gasteiger partial charge is 0.168 e. The lowest BCUT2D eigenvalue weighted by Crippen LogP contribution is -2.27. The van der Waals surface area contributed by atoms with Crippen LogP contribution in [0.1, 0.15) is 26.3 Å². The van der Waals surface area contributed by atoms with Crippen LogP contribution in [0.15, 0.2) is 21.0 Å². The van der Waals surface area contributed by atoms with E-state index in [1.54, 1.807) is 20.8 Å². The molecule has 0 amide bonds. The molecule has 0 fully saturated rings. The van der Waals surface area contributed by atoms with Gasteiger partial charge in [-0.05, 0) is 32.9 Å². The first-order valence-corrected chi connectivity index (χ1v) is 7.27. The standard InChI is InChI=1S/C12H13BrF3NOS/c1-12(2,3)19(18)17-10(6-14)8-4-7(13)5-9(15)11(8)16/h4-5H,6H2,1-3H3/b17-10-. The van der Waals surface area contributed by atoms with Crippen LogP contribution in [0.5, 0.6) is 0 Å². The van der Waals surface area contributed by atoms with Crippen molar-refractivity contribution in [3.63, 3.8) is 0 Å². The third-order valence-electron chi connectivity index (χ3n) is 2.15. The number of benzene rings is 1. The molecule has 0 aromatic heterocycles. The van der Waals surface area contributed by atoms with Gasteiger partial charge in [0.15, 0.2) is 11.6 Å². The van der Waals surface area contributed by atoms with E-state index in [4.69, 9.17) is 0 Å². The molecule has 1 aromatic rings. The van der Waals surface area contributed by atoms with Gasteiger partial charge in [0.05, 0.1) is 0 Å². The van der Waals surface area contributed by atoms with Gasteiger partial charge in [0, 0.05) is 10.0 Å². The Morgan fingerprint density at radius 2 is 1.95 bits per heavy atom. The summed E-state index contributed by atoms with van der Waals surface area (Å²) in [4.78, 5) is 0. The number of hydrogen-bond acceptors (Lipinski definition) is 2. The molecule has 0 aliphatic carbocycles. The van der Waals surface area contributed by atoms with Gasteiger partial charge in [-0.3, -0.25) is 0 Å². The van der Waals surface area contributed by atoms with Gasteiger partial charge < -0.3 is 4.55 Å². The molecule has 19 heavy (non-hydrogen) atoms. The molecule has 0 spiro atoms. The number of nitrogens with zero attached hydrogens (tertiary/aromatic N) is 1. The maximum Gasteiger partial charge on any atom is 0.168 e. The maximum absolute atomic E-state index is 13.6. The lowest BCUT2D eigenvalue weighted by atomic mass is 10.1. The first-order valence-electron chi connectivity index (χ1n) is 5.37. The molecule has 2 nitrogen and oxygen atoms in total. The largest absolute Gasteiger partial charge is 0.591 e. The van der Waals surface area contributed by atoms with Crippen molar-refractivity contribution in [2.24, 2.45) is 4.40 Å². The molecular formula is C12H13BrF3NOS. The van der Waals surface area contributed by atoms with E-state index in [0.29, 0.717) is 0 Å². The van der Waals surface area contributed by atoms with Crippen molar-refractivity contribution >= 4 is 33.0 Å². The van der Waals surface area contributed by atoms with Crippen LogP contribution in [-0.2, 0) is 11.4 Å². The normalized spacial score (nSPS) is 14.6. The van der Waals surface area contributed by atoms with E-state index in [1.807, 2.05) is 0 Å². The van der Waals surface area contributed by atoms with Gasteiger partial charge in [-0.1, -0.05) is 20.3 Å². The highest BCUT2D eigenvalue weighted by atomic mass is 79.9. The second-order valence-electron chi connectivity index (χ2n) is 4.78. The van der Waals surface area contributed by atoms with Gasteiger partial charge in [-0.25, -0.2) is 13.2 Å². The van der Waals surface area contributed by atoms with Crippen molar-refractivity contribution in [2.75, 3.05) is 6.67 Å². The van der Waals surface area contributed by atoms with Crippen LogP contribution in [0.4, 0.5) is 13.2 Å². The number of alkyl halides is 1. The average Bonchev–Trinajstić information content (AvgIpc) is 2.29. The van der Waals surface area contributed by atoms with Crippen LogP contribution < -0.4 is 0 Å². The highest BCUT2D eigenvalue weighted by Gasteiger charge is 2.28.